The number of halogens is 1. The van der Waals surface area contributed by atoms with Crippen LogP contribution >= 0.6 is 11.6 Å². The number of nitro benzene ring substituents is 1. The van der Waals surface area contributed by atoms with Gasteiger partial charge in [0.05, 0.1) is 0 Å². The zero-order valence-corrected chi connectivity index (χ0v) is 8.32. The van der Waals surface area contributed by atoms with Crippen LogP contribution in [0.15, 0.2) is 12.1 Å². The summed E-state index contributed by atoms with van der Waals surface area (Å²) in [6, 6.07) is 2.40. The molecule has 0 heterocycles. The number of rotatable bonds is 1. The summed E-state index contributed by atoms with van der Waals surface area (Å²) in [6.07, 6.45) is 0. The summed E-state index contributed by atoms with van der Waals surface area (Å²) in [6.45, 7) is 0. The fourth-order valence-corrected chi connectivity index (χ4v) is 1.31. The van der Waals surface area contributed by atoms with Crippen molar-refractivity contribution >= 4 is 38.5 Å². The van der Waals surface area contributed by atoms with Gasteiger partial charge < -0.3 is 0 Å². The van der Waals surface area contributed by atoms with Crippen LogP contribution in [-0.2, 0) is 0 Å². The Morgan fingerprint density at radius 2 is 2.17 bits per heavy atom. The molecule has 0 aromatic heterocycles. The monoisotopic (exact) mass is 247 g/mol. The number of nitrogens with zero attached hydrogens (tertiary/aromatic N) is 1. The zero-order valence-electron chi connectivity index (χ0n) is 5.69. The Bertz CT molecular complexity index is 342. The first kappa shape index (κ1) is 9.36. The van der Waals surface area contributed by atoms with Gasteiger partial charge in [0.1, 0.15) is 0 Å². The maximum atomic E-state index is 10.3. The van der Waals surface area contributed by atoms with Crippen molar-refractivity contribution < 1.29 is 10.0 Å². The first-order valence-corrected chi connectivity index (χ1v) is 4.20. The van der Waals surface area contributed by atoms with E-state index in [-0.39, 0.29) is 20.8 Å². The second kappa shape index (κ2) is 3.33. The quantitative estimate of drug-likeness (QED) is 0.452. The molecule has 0 aliphatic heterocycles. The van der Waals surface area contributed by atoms with Gasteiger partial charge in [-0.1, -0.05) is 0 Å². The summed E-state index contributed by atoms with van der Waals surface area (Å²) in [5.74, 6) is -0.0643. The predicted molar refractivity (Wildman–Crippen MR) is 45.2 cm³/mol. The van der Waals surface area contributed by atoms with E-state index in [1.807, 2.05) is 16.9 Å². The van der Waals surface area contributed by atoms with Crippen LogP contribution in [0.2, 0.25) is 5.02 Å². The molecule has 1 aromatic carbocycles. The molecule has 0 amide bonds. The Labute approximate surface area is 81.8 Å². The normalized spacial score (nSPS) is 9.83. The molecule has 6 heteroatoms. The molecule has 1 N–H and O–H groups in total. The Kier molecular flexibility index (Phi) is 2.60. The van der Waals surface area contributed by atoms with E-state index in [0.29, 0.717) is 0 Å². The van der Waals surface area contributed by atoms with Gasteiger partial charge in [-0.2, -0.15) is 0 Å². The standard InChI is InChI=1S/C6H3AsClNO3/c7-5-4(10)2-1-3(6(5)8)9(11)12/h1-2,10H. The van der Waals surface area contributed by atoms with Crippen LogP contribution in [0, 0.1) is 10.1 Å². The van der Waals surface area contributed by atoms with E-state index in [9.17, 15) is 10.1 Å². The molecule has 12 heavy (non-hydrogen) atoms. The van der Waals surface area contributed by atoms with Gasteiger partial charge in [0.15, 0.2) is 0 Å². The molecule has 62 valence electrons. The van der Waals surface area contributed by atoms with Crippen molar-refractivity contribution in [2.24, 2.45) is 0 Å². The van der Waals surface area contributed by atoms with E-state index in [4.69, 9.17) is 16.7 Å². The van der Waals surface area contributed by atoms with Crippen LogP contribution in [0.5, 0.6) is 5.75 Å². The Hall–Kier alpha value is -0.732. The predicted octanol–water partition coefficient (Wildman–Crippen LogP) is 0.748. The molecule has 4 nitrogen and oxygen atoms in total. The summed E-state index contributed by atoms with van der Waals surface area (Å²) in [7, 11) is 0. The van der Waals surface area contributed by atoms with Crippen molar-refractivity contribution in [3.63, 3.8) is 0 Å². The van der Waals surface area contributed by atoms with E-state index in [0.717, 1.165) is 6.07 Å². The minimum atomic E-state index is -0.599. The summed E-state index contributed by atoms with van der Waals surface area (Å²) < 4.78 is 0.262. The molecule has 0 atom stereocenters. The molecule has 0 aliphatic rings. The van der Waals surface area contributed by atoms with Crippen LogP contribution in [-0.4, -0.2) is 26.9 Å². The van der Waals surface area contributed by atoms with Crippen molar-refractivity contribution in [1.29, 1.82) is 0 Å². The molecule has 1 aromatic rings. The minimum absolute atomic E-state index is 0.0417. The molecule has 1 rings (SSSR count). The number of aromatic hydroxyl groups is 1. The fraction of sp³-hybridized carbons (Fsp3) is 0. The van der Waals surface area contributed by atoms with E-state index in [1.165, 1.54) is 6.07 Å². The summed E-state index contributed by atoms with van der Waals surface area (Å²) in [5, 5.41) is 19.4. The number of phenolic OH excluding ortho intramolecular Hbond substituents is 1. The van der Waals surface area contributed by atoms with Gasteiger partial charge in [0.2, 0.25) is 0 Å². The van der Waals surface area contributed by atoms with Gasteiger partial charge in [-0.15, -0.1) is 0 Å². The number of nitro groups is 1. The van der Waals surface area contributed by atoms with Crippen LogP contribution < -0.4 is 4.35 Å². The topological polar surface area (TPSA) is 63.4 Å². The molecule has 2 radical (unpaired) electrons. The SMILES string of the molecule is O=[N+]([O-])c1ccc(O)c([As])c1Cl. The van der Waals surface area contributed by atoms with Crippen LogP contribution in [0.3, 0.4) is 0 Å². The number of hydrogen-bond acceptors (Lipinski definition) is 3. The summed E-state index contributed by atoms with van der Waals surface area (Å²) >= 11 is 7.56. The Morgan fingerprint density at radius 3 is 2.67 bits per heavy atom. The van der Waals surface area contributed by atoms with Crippen molar-refractivity contribution in [1.82, 2.24) is 0 Å². The van der Waals surface area contributed by atoms with Crippen molar-refractivity contribution in [3.8, 4) is 5.75 Å². The van der Waals surface area contributed by atoms with Crippen molar-refractivity contribution in [2.75, 3.05) is 0 Å². The molecule has 0 unspecified atom stereocenters. The third-order valence-corrected chi connectivity index (χ3v) is 2.89. The number of benzene rings is 1. The van der Waals surface area contributed by atoms with Crippen molar-refractivity contribution in [3.05, 3.63) is 27.3 Å². The molecule has 0 aliphatic carbocycles. The van der Waals surface area contributed by atoms with Crippen molar-refractivity contribution in [2.45, 2.75) is 0 Å². The van der Waals surface area contributed by atoms with Crippen LogP contribution in [0.4, 0.5) is 5.69 Å². The molecule has 0 saturated carbocycles. The zero-order chi connectivity index (χ0) is 9.30. The Morgan fingerprint density at radius 1 is 1.58 bits per heavy atom. The van der Waals surface area contributed by atoms with E-state index >= 15 is 0 Å². The van der Waals surface area contributed by atoms with E-state index in [2.05, 4.69) is 0 Å². The van der Waals surface area contributed by atoms with Crippen LogP contribution in [0.1, 0.15) is 0 Å². The van der Waals surface area contributed by atoms with Gasteiger partial charge in [-0.05, 0) is 0 Å². The maximum absolute atomic E-state index is 10.3. The first-order chi connectivity index (χ1) is 5.54. The van der Waals surface area contributed by atoms with Crippen LogP contribution in [0.25, 0.3) is 0 Å². The van der Waals surface area contributed by atoms with E-state index in [1.54, 1.807) is 0 Å². The third-order valence-electron chi connectivity index (χ3n) is 1.27. The summed E-state index contributed by atoms with van der Waals surface area (Å²) in [5.41, 5.74) is -0.204. The van der Waals surface area contributed by atoms with Gasteiger partial charge in [-0.3, -0.25) is 0 Å². The first-order valence-electron chi connectivity index (χ1n) is 2.89. The van der Waals surface area contributed by atoms with Gasteiger partial charge in [0.25, 0.3) is 0 Å². The second-order valence-corrected chi connectivity index (χ2v) is 3.34. The third kappa shape index (κ3) is 1.54. The number of hydrogen-bond donors (Lipinski definition) is 1. The Balaban J connectivity index is 3.36. The molecular formula is C6H3AsClNO3. The average Bonchev–Trinajstić information content (AvgIpc) is 2.00. The second-order valence-electron chi connectivity index (χ2n) is 2.02. The molecule has 0 saturated heterocycles. The van der Waals surface area contributed by atoms with Gasteiger partial charge >= 0.3 is 81.5 Å². The summed E-state index contributed by atoms with van der Waals surface area (Å²) in [4.78, 5) is 9.72. The molecule has 0 bridgehead atoms. The number of phenols is 1. The molecule has 0 spiro atoms. The van der Waals surface area contributed by atoms with Gasteiger partial charge in [0, 0.05) is 0 Å². The molecule has 0 fully saturated rings. The average molecular weight is 247 g/mol. The molecular weight excluding hydrogens is 244 g/mol. The fourth-order valence-electron chi connectivity index (χ4n) is 0.685. The van der Waals surface area contributed by atoms with Gasteiger partial charge in [-0.25, -0.2) is 0 Å². The van der Waals surface area contributed by atoms with E-state index < -0.39 is 4.92 Å².